The second kappa shape index (κ2) is 3.88. The normalized spacial score (nSPS) is 9.87. The minimum atomic E-state index is 0.166. The molecule has 0 aliphatic rings. The predicted octanol–water partition coefficient (Wildman–Crippen LogP) is 1.54. The zero-order valence-corrected chi connectivity index (χ0v) is 7.92. The maximum absolute atomic E-state index is 10.8. The molecule has 4 heteroatoms. The predicted molar refractivity (Wildman–Crippen MR) is 57.3 cm³/mol. The van der Waals surface area contributed by atoms with Crippen LogP contribution in [0.3, 0.4) is 0 Å². The molecule has 1 aromatic carbocycles. The second-order valence-corrected chi connectivity index (χ2v) is 3.02. The molecule has 2 rings (SSSR count). The third-order valence-corrected chi connectivity index (χ3v) is 2.01. The number of hydrogen-bond acceptors (Lipinski definition) is 4. The maximum Gasteiger partial charge on any atom is 0.220 e. The minimum Gasteiger partial charge on any atom is -0.368 e. The van der Waals surface area contributed by atoms with Gasteiger partial charge in [0.05, 0.1) is 11.3 Å². The minimum absolute atomic E-state index is 0.166. The quantitative estimate of drug-likeness (QED) is 0.745. The van der Waals surface area contributed by atoms with Crippen LogP contribution in [-0.4, -0.2) is 16.3 Å². The third kappa shape index (κ3) is 1.83. The molecule has 1 aromatic heterocycles. The summed E-state index contributed by atoms with van der Waals surface area (Å²) in [5.41, 5.74) is 7.34. The van der Waals surface area contributed by atoms with E-state index in [1.807, 2.05) is 30.3 Å². The van der Waals surface area contributed by atoms with Crippen LogP contribution in [0.25, 0.3) is 11.3 Å². The van der Waals surface area contributed by atoms with Crippen molar-refractivity contribution in [2.75, 3.05) is 5.73 Å². The maximum atomic E-state index is 10.8. The molecular formula is C11H9N3O. The molecule has 0 saturated heterocycles. The van der Waals surface area contributed by atoms with E-state index in [9.17, 15) is 4.79 Å². The highest BCUT2D eigenvalue weighted by atomic mass is 16.1. The van der Waals surface area contributed by atoms with Gasteiger partial charge in [0.2, 0.25) is 5.95 Å². The zero-order chi connectivity index (χ0) is 10.7. The number of nitrogens with two attached hydrogens (primary N) is 1. The van der Waals surface area contributed by atoms with Gasteiger partial charge in [0, 0.05) is 11.8 Å². The van der Waals surface area contributed by atoms with Crippen molar-refractivity contribution in [3.05, 3.63) is 42.1 Å². The first-order valence-corrected chi connectivity index (χ1v) is 4.44. The Labute approximate surface area is 86.8 Å². The van der Waals surface area contributed by atoms with Crippen LogP contribution >= 0.6 is 0 Å². The molecule has 0 aliphatic carbocycles. The average molecular weight is 199 g/mol. The van der Waals surface area contributed by atoms with Crippen molar-refractivity contribution in [3.63, 3.8) is 0 Å². The van der Waals surface area contributed by atoms with Gasteiger partial charge in [-0.3, -0.25) is 4.79 Å². The molecule has 0 saturated carbocycles. The van der Waals surface area contributed by atoms with Gasteiger partial charge in [-0.25, -0.2) is 9.97 Å². The number of carbonyl (C=O) groups is 1. The molecule has 1 heterocycles. The Morgan fingerprint density at radius 1 is 1.20 bits per heavy atom. The van der Waals surface area contributed by atoms with E-state index in [1.54, 1.807) is 0 Å². The standard InChI is InChI=1S/C11H9N3O/c12-11-13-6-9(7-15)10(14-11)8-4-2-1-3-5-8/h1-7H,(H2,12,13,14). The summed E-state index contributed by atoms with van der Waals surface area (Å²) in [6, 6.07) is 9.39. The first-order chi connectivity index (χ1) is 7.31. The van der Waals surface area contributed by atoms with Gasteiger partial charge < -0.3 is 5.73 Å². The number of aldehydes is 1. The highest BCUT2D eigenvalue weighted by Gasteiger charge is 2.06. The Morgan fingerprint density at radius 2 is 1.93 bits per heavy atom. The Morgan fingerprint density at radius 3 is 2.60 bits per heavy atom. The van der Waals surface area contributed by atoms with Crippen LogP contribution in [-0.2, 0) is 0 Å². The number of anilines is 1. The van der Waals surface area contributed by atoms with E-state index >= 15 is 0 Å². The summed E-state index contributed by atoms with van der Waals surface area (Å²) in [7, 11) is 0. The van der Waals surface area contributed by atoms with E-state index in [1.165, 1.54) is 6.20 Å². The zero-order valence-electron chi connectivity index (χ0n) is 7.92. The van der Waals surface area contributed by atoms with Crippen molar-refractivity contribution in [1.82, 2.24) is 9.97 Å². The first-order valence-electron chi connectivity index (χ1n) is 4.44. The Kier molecular flexibility index (Phi) is 2.41. The van der Waals surface area contributed by atoms with Gasteiger partial charge in [-0.1, -0.05) is 30.3 Å². The van der Waals surface area contributed by atoms with Crippen LogP contribution in [0.2, 0.25) is 0 Å². The van der Waals surface area contributed by atoms with E-state index in [0.29, 0.717) is 11.3 Å². The van der Waals surface area contributed by atoms with Crippen molar-refractivity contribution in [1.29, 1.82) is 0 Å². The highest BCUT2D eigenvalue weighted by Crippen LogP contribution is 2.19. The van der Waals surface area contributed by atoms with Crippen LogP contribution < -0.4 is 5.73 Å². The van der Waals surface area contributed by atoms with Gasteiger partial charge in [-0.2, -0.15) is 0 Å². The van der Waals surface area contributed by atoms with E-state index in [0.717, 1.165) is 11.8 Å². The smallest absolute Gasteiger partial charge is 0.220 e. The van der Waals surface area contributed by atoms with E-state index < -0.39 is 0 Å². The van der Waals surface area contributed by atoms with Gasteiger partial charge in [0.15, 0.2) is 6.29 Å². The van der Waals surface area contributed by atoms with E-state index in [4.69, 9.17) is 5.73 Å². The van der Waals surface area contributed by atoms with Crippen molar-refractivity contribution < 1.29 is 4.79 Å². The highest BCUT2D eigenvalue weighted by molar-refractivity contribution is 5.85. The van der Waals surface area contributed by atoms with Gasteiger partial charge in [-0.05, 0) is 0 Å². The van der Waals surface area contributed by atoms with Gasteiger partial charge in [-0.15, -0.1) is 0 Å². The Hall–Kier alpha value is -2.23. The monoisotopic (exact) mass is 199 g/mol. The molecule has 0 fully saturated rings. The van der Waals surface area contributed by atoms with Gasteiger partial charge in [0.1, 0.15) is 0 Å². The third-order valence-electron chi connectivity index (χ3n) is 2.01. The van der Waals surface area contributed by atoms with Crippen LogP contribution in [0.5, 0.6) is 0 Å². The molecule has 15 heavy (non-hydrogen) atoms. The fourth-order valence-corrected chi connectivity index (χ4v) is 1.32. The molecule has 74 valence electrons. The number of aromatic nitrogens is 2. The topological polar surface area (TPSA) is 68.9 Å². The second-order valence-electron chi connectivity index (χ2n) is 3.02. The lowest BCUT2D eigenvalue weighted by molar-refractivity contribution is 0.112. The van der Waals surface area contributed by atoms with Crippen LogP contribution in [0.1, 0.15) is 10.4 Å². The summed E-state index contributed by atoms with van der Waals surface area (Å²) in [5.74, 6) is 0.166. The molecule has 0 radical (unpaired) electrons. The average Bonchev–Trinajstić information content (AvgIpc) is 2.30. The van der Waals surface area contributed by atoms with Crippen molar-refractivity contribution in [3.8, 4) is 11.3 Å². The molecule has 2 N–H and O–H groups in total. The molecule has 0 unspecified atom stereocenters. The first kappa shape index (κ1) is 9.33. The lowest BCUT2D eigenvalue weighted by Crippen LogP contribution is -1.99. The van der Waals surface area contributed by atoms with Gasteiger partial charge in [0.25, 0.3) is 0 Å². The molecule has 2 aromatic rings. The van der Waals surface area contributed by atoms with Gasteiger partial charge >= 0.3 is 0 Å². The molecule has 0 atom stereocenters. The van der Waals surface area contributed by atoms with Crippen LogP contribution in [0.15, 0.2) is 36.5 Å². The molecular weight excluding hydrogens is 190 g/mol. The molecule has 0 amide bonds. The number of rotatable bonds is 2. The lowest BCUT2D eigenvalue weighted by Gasteiger charge is -2.03. The van der Waals surface area contributed by atoms with Crippen molar-refractivity contribution in [2.45, 2.75) is 0 Å². The van der Waals surface area contributed by atoms with E-state index in [-0.39, 0.29) is 5.95 Å². The molecule has 0 aliphatic heterocycles. The summed E-state index contributed by atoms with van der Waals surface area (Å²) in [4.78, 5) is 18.6. The summed E-state index contributed by atoms with van der Waals surface area (Å²) < 4.78 is 0. The number of nitrogen functional groups attached to an aromatic ring is 1. The fraction of sp³-hybridized carbons (Fsp3) is 0. The van der Waals surface area contributed by atoms with E-state index in [2.05, 4.69) is 9.97 Å². The summed E-state index contributed by atoms with van der Waals surface area (Å²) in [5, 5.41) is 0. The number of benzene rings is 1. The summed E-state index contributed by atoms with van der Waals surface area (Å²) in [6.45, 7) is 0. The summed E-state index contributed by atoms with van der Waals surface area (Å²) in [6.07, 6.45) is 2.15. The van der Waals surface area contributed by atoms with Crippen molar-refractivity contribution >= 4 is 12.2 Å². The lowest BCUT2D eigenvalue weighted by atomic mass is 10.1. The van der Waals surface area contributed by atoms with Crippen LogP contribution in [0, 0.1) is 0 Å². The summed E-state index contributed by atoms with van der Waals surface area (Å²) >= 11 is 0. The Balaban J connectivity index is 2.61. The van der Waals surface area contributed by atoms with Crippen LogP contribution in [0.4, 0.5) is 5.95 Å². The SMILES string of the molecule is Nc1ncc(C=O)c(-c2ccccc2)n1. The molecule has 4 nitrogen and oxygen atoms in total. The van der Waals surface area contributed by atoms with Crippen molar-refractivity contribution in [2.24, 2.45) is 0 Å². The number of nitrogens with zero attached hydrogens (tertiary/aromatic N) is 2. The number of carbonyl (C=O) groups excluding carboxylic acids is 1. The largest absolute Gasteiger partial charge is 0.368 e. The Bertz CT molecular complexity index is 482. The molecule has 0 bridgehead atoms. The number of hydrogen-bond donors (Lipinski definition) is 1. The fourth-order valence-electron chi connectivity index (χ4n) is 1.32. The molecule has 0 spiro atoms.